The molecule has 10 heavy (non-hydrogen) atoms. The van der Waals surface area contributed by atoms with Gasteiger partial charge in [-0.25, -0.2) is 0 Å². The van der Waals surface area contributed by atoms with Gasteiger partial charge in [-0.2, -0.15) is 0 Å². The van der Waals surface area contributed by atoms with E-state index in [1.807, 2.05) is 0 Å². The number of hydrogen-bond acceptors (Lipinski definition) is 3. The van der Waals surface area contributed by atoms with Crippen molar-refractivity contribution in [3.05, 3.63) is 0 Å². The van der Waals surface area contributed by atoms with Crippen LogP contribution >= 0.6 is 0 Å². The largest absolute Gasteiger partial charge is 0.468 e. The van der Waals surface area contributed by atoms with Gasteiger partial charge in [0.1, 0.15) is 6.04 Å². The minimum absolute atomic E-state index is 0.0648. The van der Waals surface area contributed by atoms with Gasteiger partial charge in [0.05, 0.1) is 7.11 Å². The van der Waals surface area contributed by atoms with Gasteiger partial charge in [0.25, 0.3) is 0 Å². The second-order valence-electron chi connectivity index (χ2n) is 2.72. The van der Waals surface area contributed by atoms with E-state index >= 15 is 0 Å². The summed E-state index contributed by atoms with van der Waals surface area (Å²) in [4.78, 5) is 10.9. The van der Waals surface area contributed by atoms with Crippen LogP contribution in [0.25, 0.3) is 0 Å². The van der Waals surface area contributed by atoms with E-state index in [0.717, 1.165) is 13.0 Å². The predicted octanol–water partition coefficient (Wildman–Crippen LogP) is 0.157. The third-order valence-electron chi connectivity index (χ3n) is 1.99. The van der Waals surface area contributed by atoms with Crippen molar-refractivity contribution >= 4 is 5.97 Å². The molecule has 58 valence electrons. The van der Waals surface area contributed by atoms with Crippen molar-refractivity contribution in [3.63, 3.8) is 0 Å². The zero-order valence-electron chi connectivity index (χ0n) is 6.39. The van der Waals surface area contributed by atoms with Gasteiger partial charge in [-0.05, 0) is 18.9 Å². The molecule has 0 spiro atoms. The second kappa shape index (κ2) is 3.01. The first-order valence-corrected chi connectivity index (χ1v) is 3.57. The van der Waals surface area contributed by atoms with Gasteiger partial charge in [-0.1, -0.05) is 6.92 Å². The summed E-state index contributed by atoms with van der Waals surface area (Å²) in [6.45, 7) is 2.99. The van der Waals surface area contributed by atoms with Gasteiger partial charge in [0, 0.05) is 0 Å². The van der Waals surface area contributed by atoms with Crippen LogP contribution in [0.1, 0.15) is 13.3 Å². The standard InChI is InChI=1S/C7H13NO2/c1-5-3-4-8-6(5)7(9)10-2/h5-6,8H,3-4H2,1-2H3/t5-,6?/m1/s1. The molecule has 3 heteroatoms. The Bertz CT molecular complexity index is 136. The minimum atomic E-state index is -0.134. The fourth-order valence-electron chi connectivity index (χ4n) is 1.28. The maximum absolute atomic E-state index is 10.9. The highest BCUT2D eigenvalue weighted by molar-refractivity contribution is 5.76. The number of esters is 1. The lowest BCUT2D eigenvalue weighted by Crippen LogP contribution is -2.35. The summed E-state index contributed by atoms with van der Waals surface area (Å²) in [5, 5.41) is 3.08. The quantitative estimate of drug-likeness (QED) is 0.531. The number of rotatable bonds is 1. The van der Waals surface area contributed by atoms with E-state index in [2.05, 4.69) is 17.0 Å². The lowest BCUT2D eigenvalue weighted by Gasteiger charge is -2.11. The van der Waals surface area contributed by atoms with E-state index in [4.69, 9.17) is 0 Å². The highest BCUT2D eigenvalue weighted by atomic mass is 16.5. The lowest BCUT2D eigenvalue weighted by molar-refractivity contribution is -0.143. The summed E-state index contributed by atoms with van der Waals surface area (Å²) < 4.78 is 4.60. The molecule has 0 aromatic carbocycles. The number of methoxy groups -OCH3 is 1. The van der Waals surface area contributed by atoms with Crippen molar-refractivity contribution in [2.45, 2.75) is 19.4 Å². The minimum Gasteiger partial charge on any atom is -0.468 e. The SMILES string of the molecule is COC(=O)C1NCC[C@H]1C. The fourth-order valence-corrected chi connectivity index (χ4v) is 1.28. The average Bonchev–Trinajstić information content (AvgIpc) is 2.34. The number of carbonyl (C=O) groups is 1. The van der Waals surface area contributed by atoms with Crippen LogP contribution in [-0.2, 0) is 9.53 Å². The molecule has 1 unspecified atom stereocenters. The summed E-state index contributed by atoms with van der Waals surface area (Å²) >= 11 is 0. The Balaban J connectivity index is 2.46. The first-order chi connectivity index (χ1) is 4.75. The Morgan fingerprint density at radius 2 is 2.40 bits per heavy atom. The van der Waals surface area contributed by atoms with Crippen molar-refractivity contribution in [1.29, 1.82) is 0 Å². The number of carbonyl (C=O) groups excluding carboxylic acids is 1. The number of nitrogens with one attached hydrogen (secondary N) is 1. The molecule has 0 saturated carbocycles. The van der Waals surface area contributed by atoms with Crippen LogP contribution < -0.4 is 5.32 Å². The molecule has 0 aliphatic carbocycles. The van der Waals surface area contributed by atoms with E-state index < -0.39 is 0 Å². The van der Waals surface area contributed by atoms with Crippen LogP contribution in [0.2, 0.25) is 0 Å². The topological polar surface area (TPSA) is 38.3 Å². The fraction of sp³-hybridized carbons (Fsp3) is 0.857. The van der Waals surface area contributed by atoms with Crippen LogP contribution in [0.3, 0.4) is 0 Å². The van der Waals surface area contributed by atoms with Crippen LogP contribution in [0.5, 0.6) is 0 Å². The molecule has 2 atom stereocenters. The molecule has 1 heterocycles. The first kappa shape index (κ1) is 7.54. The summed E-state index contributed by atoms with van der Waals surface area (Å²) in [5.41, 5.74) is 0. The van der Waals surface area contributed by atoms with Crippen molar-refractivity contribution < 1.29 is 9.53 Å². The maximum Gasteiger partial charge on any atom is 0.323 e. The normalized spacial score (nSPS) is 32.2. The van der Waals surface area contributed by atoms with Gasteiger partial charge < -0.3 is 10.1 Å². The monoisotopic (exact) mass is 143 g/mol. The van der Waals surface area contributed by atoms with Crippen LogP contribution in [0.4, 0.5) is 0 Å². The van der Waals surface area contributed by atoms with E-state index in [-0.39, 0.29) is 12.0 Å². The maximum atomic E-state index is 10.9. The zero-order valence-corrected chi connectivity index (χ0v) is 6.39. The Labute approximate surface area is 60.7 Å². The highest BCUT2D eigenvalue weighted by Crippen LogP contribution is 2.14. The predicted molar refractivity (Wildman–Crippen MR) is 37.6 cm³/mol. The van der Waals surface area contributed by atoms with E-state index in [9.17, 15) is 4.79 Å². The molecule has 1 aliphatic rings. The Morgan fingerprint density at radius 1 is 1.70 bits per heavy atom. The number of ether oxygens (including phenoxy) is 1. The van der Waals surface area contributed by atoms with Gasteiger partial charge >= 0.3 is 5.97 Å². The average molecular weight is 143 g/mol. The molecule has 1 fully saturated rings. The molecule has 0 bridgehead atoms. The molecule has 0 amide bonds. The summed E-state index contributed by atoms with van der Waals surface area (Å²) in [6.07, 6.45) is 1.07. The molecular weight excluding hydrogens is 130 g/mol. The number of hydrogen-bond donors (Lipinski definition) is 1. The molecule has 0 radical (unpaired) electrons. The van der Waals surface area contributed by atoms with Gasteiger partial charge in [-0.3, -0.25) is 4.79 Å². The summed E-state index contributed by atoms with van der Waals surface area (Å²) in [7, 11) is 1.43. The lowest BCUT2D eigenvalue weighted by atomic mass is 10.0. The molecule has 1 saturated heterocycles. The molecule has 1 N–H and O–H groups in total. The Hall–Kier alpha value is -0.570. The Kier molecular flexibility index (Phi) is 2.27. The van der Waals surface area contributed by atoms with Crippen molar-refractivity contribution in [2.24, 2.45) is 5.92 Å². The smallest absolute Gasteiger partial charge is 0.323 e. The van der Waals surface area contributed by atoms with E-state index in [0.29, 0.717) is 5.92 Å². The van der Waals surface area contributed by atoms with Crippen molar-refractivity contribution in [2.75, 3.05) is 13.7 Å². The van der Waals surface area contributed by atoms with Crippen LogP contribution in [0, 0.1) is 5.92 Å². The van der Waals surface area contributed by atoms with Gasteiger partial charge in [0.2, 0.25) is 0 Å². The molecule has 3 nitrogen and oxygen atoms in total. The van der Waals surface area contributed by atoms with E-state index in [1.54, 1.807) is 0 Å². The van der Waals surface area contributed by atoms with Crippen molar-refractivity contribution in [1.82, 2.24) is 5.32 Å². The Morgan fingerprint density at radius 3 is 2.80 bits per heavy atom. The molecule has 1 rings (SSSR count). The molecule has 1 aliphatic heterocycles. The van der Waals surface area contributed by atoms with Crippen LogP contribution in [-0.4, -0.2) is 25.7 Å². The molecule has 0 aromatic heterocycles. The highest BCUT2D eigenvalue weighted by Gasteiger charge is 2.29. The first-order valence-electron chi connectivity index (χ1n) is 3.57. The molecular formula is C7H13NO2. The van der Waals surface area contributed by atoms with Crippen molar-refractivity contribution in [3.8, 4) is 0 Å². The summed E-state index contributed by atoms with van der Waals surface area (Å²) in [5.74, 6) is 0.289. The van der Waals surface area contributed by atoms with E-state index in [1.165, 1.54) is 7.11 Å². The third kappa shape index (κ3) is 1.29. The second-order valence-corrected chi connectivity index (χ2v) is 2.72. The summed E-state index contributed by atoms with van der Waals surface area (Å²) in [6, 6.07) is -0.0648. The molecule has 0 aromatic rings. The van der Waals surface area contributed by atoms with Gasteiger partial charge in [0.15, 0.2) is 0 Å². The van der Waals surface area contributed by atoms with Gasteiger partial charge in [-0.15, -0.1) is 0 Å². The zero-order chi connectivity index (χ0) is 7.56. The third-order valence-corrected chi connectivity index (χ3v) is 1.99. The van der Waals surface area contributed by atoms with Crippen LogP contribution in [0.15, 0.2) is 0 Å².